The molecule has 0 saturated carbocycles. The molecule has 0 aliphatic carbocycles. The number of amides is 2. The smallest absolute Gasteiger partial charge is 0.230 e. The first-order valence-corrected chi connectivity index (χ1v) is 10.6. The first-order chi connectivity index (χ1) is 13.9. The second-order valence-electron chi connectivity index (χ2n) is 9.14. The molecule has 0 aromatic heterocycles. The normalized spacial score (nSPS) is 33.6. The maximum Gasteiger partial charge on any atom is 0.230 e. The third-order valence-electron chi connectivity index (χ3n) is 7.22. The molecular weight excluding hydrogens is 366 g/mol. The minimum Gasteiger partial charge on any atom is -0.360 e. The molecule has 0 radical (unpaired) electrons. The first kappa shape index (κ1) is 18.8. The number of likely N-dealkylation sites (N-methyl/N-ethyl adjacent to an activating group) is 1. The molecule has 0 unspecified atom stereocenters. The summed E-state index contributed by atoms with van der Waals surface area (Å²) in [5, 5.41) is 0. The monoisotopic (exact) mass is 395 g/mol. The molecular formula is C23H29N3O3. The van der Waals surface area contributed by atoms with Crippen LogP contribution in [-0.4, -0.2) is 78.0 Å². The maximum atomic E-state index is 13.4. The Balaban J connectivity index is 1.37. The van der Waals surface area contributed by atoms with Gasteiger partial charge in [-0.15, -0.1) is 0 Å². The molecule has 4 atom stereocenters. The summed E-state index contributed by atoms with van der Waals surface area (Å²) in [4.78, 5) is 32.8. The summed E-state index contributed by atoms with van der Waals surface area (Å²) in [5.41, 5.74) is 2.97. The lowest BCUT2D eigenvalue weighted by atomic mass is 9.76. The highest BCUT2D eigenvalue weighted by Gasteiger charge is 2.67. The van der Waals surface area contributed by atoms with Gasteiger partial charge < -0.3 is 19.4 Å². The lowest BCUT2D eigenvalue weighted by Gasteiger charge is -2.35. The van der Waals surface area contributed by atoms with Crippen LogP contribution >= 0.6 is 0 Å². The largest absolute Gasteiger partial charge is 0.360 e. The maximum absolute atomic E-state index is 13.4. The Labute approximate surface area is 172 Å². The van der Waals surface area contributed by atoms with Crippen molar-refractivity contribution in [2.75, 3.05) is 39.8 Å². The zero-order chi connectivity index (χ0) is 20.3. The standard InChI is InChI=1S/C23H29N3O3/c1-15-4-5-17(12-16(15)2)13-26-14-23-7-6-18(29-23)19(20(23)22(26)28)21(27)25-10-8-24(3)9-11-25/h4-7,12,18-20H,8-11,13-14H2,1-3H3/t18-,19+,20-,23-/m0/s1. The highest BCUT2D eigenvalue weighted by atomic mass is 16.5. The van der Waals surface area contributed by atoms with E-state index in [4.69, 9.17) is 4.74 Å². The quantitative estimate of drug-likeness (QED) is 0.726. The van der Waals surface area contributed by atoms with E-state index in [2.05, 4.69) is 44.0 Å². The number of rotatable bonds is 3. The van der Waals surface area contributed by atoms with Gasteiger partial charge in [-0.1, -0.05) is 30.4 Å². The van der Waals surface area contributed by atoms with Gasteiger partial charge >= 0.3 is 0 Å². The number of carbonyl (C=O) groups excluding carboxylic acids is 2. The van der Waals surface area contributed by atoms with Crippen LogP contribution in [-0.2, 0) is 20.9 Å². The Hall–Kier alpha value is -2.18. The molecule has 2 bridgehead atoms. The number of piperazine rings is 1. The fourth-order valence-corrected chi connectivity index (χ4v) is 5.35. The van der Waals surface area contributed by atoms with Gasteiger partial charge in [0.1, 0.15) is 5.60 Å². The van der Waals surface area contributed by atoms with Crippen LogP contribution in [0.3, 0.4) is 0 Å². The molecule has 4 aliphatic heterocycles. The van der Waals surface area contributed by atoms with Crippen molar-refractivity contribution in [3.8, 4) is 0 Å². The fourth-order valence-electron chi connectivity index (χ4n) is 5.35. The Morgan fingerprint density at radius 1 is 1.17 bits per heavy atom. The Morgan fingerprint density at radius 3 is 2.66 bits per heavy atom. The highest BCUT2D eigenvalue weighted by Crippen LogP contribution is 2.52. The third kappa shape index (κ3) is 2.92. The number of nitrogens with zero attached hydrogens (tertiary/aromatic N) is 3. The van der Waals surface area contributed by atoms with Crippen LogP contribution < -0.4 is 0 Å². The van der Waals surface area contributed by atoms with Crippen LogP contribution in [0.15, 0.2) is 30.4 Å². The lowest BCUT2D eigenvalue weighted by Crippen LogP contribution is -2.52. The molecule has 1 aromatic carbocycles. The summed E-state index contributed by atoms with van der Waals surface area (Å²) < 4.78 is 6.28. The van der Waals surface area contributed by atoms with E-state index in [1.807, 2.05) is 22.0 Å². The summed E-state index contributed by atoms with van der Waals surface area (Å²) in [6.45, 7) is 8.49. The molecule has 2 amide bonds. The second-order valence-corrected chi connectivity index (χ2v) is 9.14. The number of hydrogen-bond donors (Lipinski definition) is 0. The van der Waals surface area contributed by atoms with Gasteiger partial charge in [-0.2, -0.15) is 0 Å². The van der Waals surface area contributed by atoms with E-state index in [9.17, 15) is 9.59 Å². The van der Waals surface area contributed by atoms with Gasteiger partial charge in [0.05, 0.1) is 24.5 Å². The fraction of sp³-hybridized carbons (Fsp3) is 0.565. The Bertz CT molecular complexity index is 889. The average molecular weight is 396 g/mol. The summed E-state index contributed by atoms with van der Waals surface area (Å²) in [5.74, 6) is -0.639. The number of fused-ring (bicyclic) bond motifs is 1. The van der Waals surface area contributed by atoms with Gasteiger partial charge in [-0.3, -0.25) is 9.59 Å². The summed E-state index contributed by atoms with van der Waals surface area (Å²) >= 11 is 0. The minimum atomic E-state index is -0.631. The van der Waals surface area contributed by atoms with Gasteiger partial charge in [0.2, 0.25) is 11.8 Å². The van der Waals surface area contributed by atoms with E-state index in [-0.39, 0.29) is 23.8 Å². The molecule has 3 fully saturated rings. The zero-order valence-corrected chi connectivity index (χ0v) is 17.4. The molecule has 29 heavy (non-hydrogen) atoms. The topological polar surface area (TPSA) is 53.1 Å². The molecule has 3 saturated heterocycles. The number of ether oxygens (including phenoxy) is 1. The second kappa shape index (κ2) is 6.67. The van der Waals surface area contributed by atoms with Crippen molar-refractivity contribution in [1.82, 2.24) is 14.7 Å². The number of hydrogen-bond acceptors (Lipinski definition) is 4. The van der Waals surface area contributed by atoms with Gasteiger partial charge in [0.25, 0.3) is 0 Å². The van der Waals surface area contributed by atoms with Crippen molar-refractivity contribution in [2.45, 2.75) is 32.1 Å². The van der Waals surface area contributed by atoms with Crippen LogP contribution in [0.5, 0.6) is 0 Å². The Kier molecular flexibility index (Phi) is 4.33. The number of likely N-dealkylation sites (tertiary alicyclic amines) is 1. The molecule has 1 spiro atoms. The van der Waals surface area contributed by atoms with Crippen LogP contribution in [0.1, 0.15) is 16.7 Å². The molecule has 0 N–H and O–H groups in total. The van der Waals surface area contributed by atoms with Gasteiger partial charge in [-0.25, -0.2) is 0 Å². The van der Waals surface area contributed by atoms with Crippen LogP contribution in [0.2, 0.25) is 0 Å². The van der Waals surface area contributed by atoms with E-state index in [1.165, 1.54) is 11.1 Å². The van der Waals surface area contributed by atoms with Crippen LogP contribution in [0, 0.1) is 25.7 Å². The van der Waals surface area contributed by atoms with Crippen molar-refractivity contribution < 1.29 is 14.3 Å². The summed E-state index contributed by atoms with van der Waals surface area (Å²) in [7, 11) is 2.07. The van der Waals surface area contributed by atoms with Gasteiger partial charge in [0, 0.05) is 32.7 Å². The first-order valence-electron chi connectivity index (χ1n) is 10.6. The molecule has 6 nitrogen and oxygen atoms in total. The highest BCUT2D eigenvalue weighted by molar-refractivity contribution is 5.93. The van der Waals surface area contributed by atoms with E-state index in [0.717, 1.165) is 31.7 Å². The summed E-state index contributed by atoms with van der Waals surface area (Å²) in [6.07, 6.45) is 3.77. The molecule has 154 valence electrons. The van der Waals surface area contributed by atoms with E-state index >= 15 is 0 Å². The van der Waals surface area contributed by atoms with Crippen LogP contribution in [0.4, 0.5) is 0 Å². The molecule has 4 heterocycles. The van der Waals surface area contributed by atoms with Gasteiger partial charge in [0.15, 0.2) is 0 Å². The van der Waals surface area contributed by atoms with Crippen molar-refractivity contribution in [3.63, 3.8) is 0 Å². The summed E-state index contributed by atoms with van der Waals surface area (Å²) in [6, 6.07) is 6.34. The number of aryl methyl sites for hydroxylation is 2. The predicted molar refractivity (Wildman–Crippen MR) is 109 cm³/mol. The van der Waals surface area contributed by atoms with Crippen molar-refractivity contribution in [2.24, 2.45) is 11.8 Å². The van der Waals surface area contributed by atoms with Crippen LogP contribution in [0.25, 0.3) is 0 Å². The average Bonchev–Trinajstić information content (AvgIpc) is 3.33. The molecule has 4 aliphatic rings. The number of carbonyl (C=O) groups is 2. The molecule has 5 rings (SSSR count). The molecule has 6 heteroatoms. The van der Waals surface area contributed by atoms with E-state index < -0.39 is 11.5 Å². The minimum absolute atomic E-state index is 0.0579. The van der Waals surface area contributed by atoms with Crippen molar-refractivity contribution in [3.05, 3.63) is 47.0 Å². The lowest BCUT2D eigenvalue weighted by molar-refractivity contribution is -0.144. The Morgan fingerprint density at radius 2 is 1.93 bits per heavy atom. The number of benzene rings is 1. The van der Waals surface area contributed by atoms with Gasteiger partial charge in [-0.05, 0) is 37.6 Å². The van der Waals surface area contributed by atoms with Crippen molar-refractivity contribution in [1.29, 1.82) is 0 Å². The SMILES string of the molecule is Cc1ccc(CN2C[C@]34C=C[C@H](O3)[C@@H](C(=O)N3CCN(C)CC3)[C@H]4C2=O)cc1C. The van der Waals surface area contributed by atoms with E-state index in [0.29, 0.717) is 13.1 Å². The van der Waals surface area contributed by atoms with E-state index in [1.54, 1.807) is 0 Å². The third-order valence-corrected chi connectivity index (χ3v) is 7.22. The van der Waals surface area contributed by atoms with Crippen molar-refractivity contribution >= 4 is 11.8 Å². The molecule has 1 aromatic rings. The zero-order valence-electron chi connectivity index (χ0n) is 17.4. The predicted octanol–water partition coefficient (Wildman–Crippen LogP) is 1.36.